The fourth-order valence-electron chi connectivity index (χ4n) is 4.33. The van der Waals surface area contributed by atoms with Crippen LogP contribution < -0.4 is 0 Å². The van der Waals surface area contributed by atoms with E-state index in [0.29, 0.717) is 5.58 Å². The summed E-state index contributed by atoms with van der Waals surface area (Å²) in [5.74, 6) is 0. The number of rotatable bonds is 3. The molecule has 0 bridgehead atoms. The first-order valence-electron chi connectivity index (χ1n) is 10.6. The molecule has 5 rings (SSSR count). The van der Waals surface area contributed by atoms with Gasteiger partial charge < -0.3 is 4.42 Å². The van der Waals surface area contributed by atoms with Crippen molar-refractivity contribution >= 4 is 27.6 Å². The standard InChI is InChI=1S/C28H23NO3/c1-28(2,3)24-16-21(29(30)31)17-25-26(24)23-14-8-13-22(27(23)32-25)20-12-7-11-19(15-20)18-9-5-4-6-10-18/h4-17H,1-3H3. The van der Waals surface area contributed by atoms with Crippen molar-refractivity contribution in [3.63, 3.8) is 0 Å². The first kappa shape index (κ1) is 20.0. The Labute approximate surface area is 186 Å². The van der Waals surface area contributed by atoms with Gasteiger partial charge in [0.15, 0.2) is 0 Å². The highest BCUT2D eigenvalue weighted by Gasteiger charge is 2.25. The third-order valence-electron chi connectivity index (χ3n) is 5.88. The lowest BCUT2D eigenvalue weighted by Crippen LogP contribution is -2.12. The molecule has 0 spiro atoms. The number of furan rings is 1. The first-order valence-corrected chi connectivity index (χ1v) is 10.6. The minimum Gasteiger partial charge on any atom is -0.455 e. The lowest BCUT2D eigenvalue weighted by atomic mass is 9.83. The number of nitro benzene ring substituents is 1. The SMILES string of the molecule is CC(C)(C)c1cc([N+](=O)[O-])cc2oc3c(-c4cccc(-c5ccccc5)c4)cccc3c12. The van der Waals surface area contributed by atoms with Crippen LogP contribution in [0.5, 0.6) is 0 Å². The minimum absolute atomic E-state index is 0.0501. The highest BCUT2D eigenvalue weighted by molar-refractivity contribution is 6.12. The molecular weight excluding hydrogens is 398 g/mol. The molecule has 1 heterocycles. The molecule has 0 N–H and O–H groups in total. The van der Waals surface area contributed by atoms with Gasteiger partial charge in [-0.15, -0.1) is 0 Å². The fourth-order valence-corrected chi connectivity index (χ4v) is 4.33. The Kier molecular flexibility index (Phi) is 4.59. The first-order chi connectivity index (χ1) is 15.3. The molecule has 0 aliphatic carbocycles. The van der Waals surface area contributed by atoms with E-state index in [9.17, 15) is 10.1 Å². The van der Waals surface area contributed by atoms with Gasteiger partial charge >= 0.3 is 0 Å². The number of hydrogen-bond donors (Lipinski definition) is 0. The number of nitro groups is 1. The summed E-state index contributed by atoms with van der Waals surface area (Å²) in [5, 5.41) is 13.5. The minimum atomic E-state index is -0.355. The molecule has 4 aromatic carbocycles. The van der Waals surface area contributed by atoms with Crippen molar-refractivity contribution in [1.29, 1.82) is 0 Å². The van der Waals surface area contributed by atoms with Crippen molar-refractivity contribution < 1.29 is 9.34 Å². The molecule has 158 valence electrons. The van der Waals surface area contributed by atoms with Crippen molar-refractivity contribution in [2.24, 2.45) is 0 Å². The summed E-state index contributed by atoms with van der Waals surface area (Å²) in [6.07, 6.45) is 0. The third kappa shape index (κ3) is 3.34. The molecule has 0 fully saturated rings. The summed E-state index contributed by atoms with van der Waals surface area (Å²) in [4.78, 5) is 11.2. The van der Waals surface area contributed by atoms with Crippen LogP contribution >= 0.6 is 0 Å². The van der Waals surface area contributed by atoms with Gasteiger partial charge in [-0.25, -0.2) is 0 Å². The van der Waals surface area contributed by atoms with Crippen molar-refractivity contribution in [2.75, 3.05) is 0 Å². The number of nitrogens with zero attached hydrogens (tertiary/aromatic N) is 1. The Balaban J connectivity index is 1.78. The average molecular weight is 421 g/mol. The Morgan fingerprint density at radius 2 is 1.47 bits per heavy atom. The maximum absolute atomic E-state index is 11.6. The van der Waals surface area contributed by atoms with E-state index in [-0.39, 0.29) is 16.0 Å². The number of non-ortho nitro benzene ring substituents is 1. The van der Waals surface area contributed by atoms with Crippen LogP contribution in [0.2, 0.25) is 0 Å². The van der Waals surface area contributed by atoms with E-state index >= 15 is 0 Å². The van der Waals surface area contributed by atoms with Crippen LogP contribution in [0.4, 0.5) is 5.69 Å². The van der Waals surface area contributed by atoms with Crippen LogP contribution in [-0.2, 0) is 5.41 Å². The topological polar surface area (TPSA) is 56.3 Å². The second-order valence-corrected chi connectivity index (χ2v) is 9.10. The molecule has 5 aromatic rings. The predicted molar refractivity (Wildman–Crippen MR) is 130 cm³/mol. The van der Waals surface area contributed by atoms with E-state index in [4.69, 9.17) is 4.42 Å². The maximum Gasteiger partial charge on any atom is 0.273 e. The molecule has 0 saturated carbocycles. The van der Waals surface area contributed by atoms with Crippen LogP contribution in [0, 0.1) is 10.1 Å². The highest BCUT2D eigenvalue weighted by atomic mass is 16.6. The molecule has 4 heteroatoms. The lowest BCUT2D eigenvalue weighted by Gasteiger charge is -2.19. The Bertz CT molecular complexity index is 1470. The summed E-state index contributed by atoms with van der Waals surface area (Å²) in [6, 6.07) is 27.9. The van der Waals surface area contributed by atoms with Gasteiger partial charge in [-0.2, -0.15) is 0 Å². The van der Waals surface area contributed by atoms with Gasteiger partial charge in [0.1, 0.15) is 11.2 Å². The smallest absolute Gasteiger partial charge is 0.273 e. The van der Waals surface area contributed by atoms with Crippen LogP contribution in [0.15, 0.2) is 89.3 Å². The molecule has 1 aromatic heterocycles. The molecule has 0 unspecified atom stereocenters. The molecule has 4 nitrogen and oxygen atoms in total. The molecule has 0 saturated heterocycles. The van der Waals surface area contributed by atoms with Gasteiger partial charge in [-0.1, -0.05) is 87.5 Å². The van der Waals surface area contributed by atoms with Crippen LogP contribution in [0.1, 0.15) is 26.3 Å². The molecule has 0 atom stereocenters. The second kappa shape index (κ2) is 7.34. The number of benzene rings is 4. The Morgan fingerprint density at radius 3 is 2.19 bits per heavy atom. The van der Waals surface area contributed by atoms with Crippen molar-refractivity contribution in [3.05, 3.63) is 101 Å². The normalized spacial score (nSPS) is 11.8. The largest absolute Gasteiger partial charge is 0.455 e. The molecule has 32 heavy (non-hydrogen) atoms. The number of fused-ring (bicyclic) bond motifs is 3. The number of para-hydroxylation sites is 1. The lowest BCUT2D eigenvalue weighted by molar-refractivity contribution is -0.384. The van der Waals surface area contributed by atoms with E-state index < -0.39 is 0 Å². The molecular formula is C28H23NO3. The van der Waals surface area contributed by atoms with E-state index in [0.717, 1.165) is 44.2 Å². The molecule has 0 amide bonds. The van der Waals surface area contributed by atoms with E-state index in [2.05, 4.69) is 51.1 Å². The zero-order chi connectivity index (χ0) is 22.5. The van der Waals surface area contributed by atoms with E-state index in [1.165, 1.54) is 6.07 Å². The average Bonchev–Trinajstić information content (AvgIpc) is 3.17. The number of hydrogen-bond acceptors (Lipinski definition) is 3. The maximum atomic E-state index is 11.6. The third-order valence-corrected chi connectivity index (χ3v) is 5.88. The van der Waals surface area contributed by atoms with Crippen molar-refractivity contribution in [2.45, 2.75) is 26.2 Å². The van der Waals surface area contributed by atoms with Crippen LogP contribution in [-0.4, -0.2) is 4.92 Å². The van der Waals surface area contributed by atoms with Crippen molar-refractivity contribution in [3.8, 4) is 22.3 Å². The van der Waals surface area contributed by atoms with Crippen LogP contribution in [0.3, 0.4) is 0 Å². The van der Waals surface area contributed by atoms with Gasteiger partial charge in [-0.3, -0.25) is 10.1 Å². The van der Waals surface area contributed by atoms with E-state index in [1.54, 1.807) is 6.07 Å². The van der Waals surface area contributed by atoms with Crippen molar-refractivity contribution in [1.82, 2.24) is 0 Å². The summed E-state index contributed by atoms with van der Waals surface area (Å²) < 4.78 is 6.31. The van der Waals surface area contributed by atoms with Gasteiger partial charge in [0.25, 0.3) is 5.69 Å². The second-order valence-electron chi connectivity index (χ2n) is 9.10. The Hall–Kier alpha value is -3.92. The monoisotopic (exact) mass is 421 g/mol. The molecule has 0 aliphatic rings. The van der Waals surface area contributed by atoms with E-state index in [1.807, 2.05) is 42.5 Å². The fraction of sp³-hybridized carbons (Fsp3) is 0.143. The molecule has 0 radical (unpaired) electrons. The van der Waals surface area contributed by atoms with Crippen LogP contribution in [0.25, 0.3) is 44.2 Å². The quantitative estimate of drug-likeness (QED) is 0.218. The summed E-state index contributed by atoms with van der Waals surface area (Å²) >= 11 is 0. The van der Waals surface area contributed by atoms with Gasteiger partial charge in [0.05, 0.1) is 11.0 Å². The predicted octanol–water partition coefficient (Wildman–Crippen LogP) is 8.13. The zero-order valence-corrected chi connectivity index (χ0v) is 18.3. The molecule has 0 aliphatic heterocycles. The van der Waals surface area contributed by atoms with Gasteiger partial charge in [-0.05, 0) is 33.7 Å². The van der Waals surface area contributed by atoms with Gasteiger partial charge in [0, 0.05) is 22.4 Å². The highest BCUT2D eigenvalue weighted by Crippen LogP contribution is 2.42. The summed E-state index contributed by atoms with van der Waals surface area (Å²) in [6.45, 7) is 6.20. The van der Waals surface area contributed by atoms with Gasteiger partial charge in [0.2, 0.25) is 0 Å². The Morgan fingerprint density at radius 1 is 0.781 bits per heavy atom. The summed E-state index contributed by atoms with van der Waals surface area (Å²) in [7, 11) is 0. The zero-order valence-electron chi connectivity index (χ0n) is 18.3. The summed E-state index contributed by atoms with van der Waals surface area (Å²) in [5.41, 5.74) is 6.28.